The van der Waals surface area contributed by atoms with Gasteiger partial charge in [0.1, 0.15) is 11.5 Å². The molecule has 1 atom stereocenters. The molecule has 0 saturated carbocycles. The summed E-state index contributed by atoms with van der Waals surface area (Å²) in [4.78, 5) is 20.9. The van der Waals surface area contributed by atoms with Crippen LogP contribution in [0.15, 0.2) is 18.2 Å². The van der Waals surface area contributed by atoms with Crippen LogP contribution in [-0.4, -0.2) is 53.4 Å². The fourth-order valence-corrected chi connectivity index (χ4v) is 2.58. The molecule has 5 nitrogen and oxygen atoms in total. The summed E-state index contributed by atoms with van der Waals surface area (Å²) in [5.41, 5.74) is 6.10. The number of hydrogen-bond acceptors (Lipinski definition) is 4. The lowest BCUT2D eigenvalue weighted by molar-refractivity contribution is 0.0670. The van der Waals surface area contributed by atoms with Gasteiger partial charge in [-0.3, -0.25) is 4.79 Å². The van der Waals surface area contributed by atoms with E-state index >= 15 is 0 Å². The van der Waals surface area contributed by atoms with Crippen LogP contribution in [0.1, 0.15) is 30.3 Å². The Kier molecular flexibility index (Phi) is 4.37. The Morgan fingerprint density at radius 2 is 2.26 bits per heavy atom. The molecule has 1 aliphatic rings. The van der Waals surface area contributed by atoms with Gasteiger partial charge in [0.2, 0.25) is 0 Å². The zero-order chi connectivity index (χ0) is 13.8. The number of amides is 1. The van der Waals surface area contributed by atoms with Gasteiger partial charge in [-0.05, 0) is 38.6 Å². The lowest BCUT2D eigenvalue weighted by Gasteiger charge is -2.30. The number of likely N-dealkylation sites (N-methyl/N-ethyl adjacent to an activating group) is 1. The van der Waals surface area contributed by atoms with Crippen LogP contribution in [0.4, 0.5) is 5.82 Å². The molecule has 19 heavy (non-hydrogen) atoms. The Hall–Kier alpha value is -1.62. The molecule has 2 heterocycles. The minimum absolute atomic E-state index is 0.00514. The molecule has 2 rings (SSSR count). The van der Waals surface area contributed by atoms with E-state index in [1.165, 1.54) is 0 Å². The van der Waals surface area contributed by atoms with Gasteiger partial charge in [0.25, 0.3) is 5.91 Å². The average Bonchev–Trinajstić information content (AvgIpc) is 2.59. The van der Waals surface area contributed by atoms with Crippen molar-refractivity contribution in [3.05, 3.63) is 23.9 Å². The van der Waals surface area contributed by atoms with Crippen molar-refractivity contribution in [1.82, 2.24) is 14.8 Å². The number of nitrogen functional groups attached to an aromatic ring is 1. The Labute approximate surface area is 114 Å². The Morgan fingerprint density at radius 1 is 1.47 bits per heavy atom. The van der Waals surface area contributed by atoms with Gasteiger partial charge in [-0.2, -0.15) is 0 Å². The number of nitrogens with zero attached hydrogens (tertiary/aromatic N) is 3. The van der Waals surface area contributed by atoms with Crippen molar-refractivity contribution in [2.45, 2.75) is 25.8 Å². The molecule has 104 valence electrons. The number of aromatic nitrogens is 1. The fraction of sp³-hybridized carbons (Fsp3) is 0.571. The van der Waals surface area contributed by atoms with Gasteiger partial charge in [0.15, 0.2) is 0 Å². The number of rotatable bonds is 2. The van der Waals surface area contributed by atoms with E-state index in [2.05, 4.69) is 23.9 Å². The maximum atomic E-state index is 12.6. The molecule has 1 aromatic rings. The van der Waals surface area contributed by atoms with E-state index in [0.717, 1.165) is 32.5 Å². The predicted molar refractivity (Wildman–Crippen MR) is 75.9 cm³/mol. The van der Waals surface area contributed by atoms with Crippen LogP contribution >= 0.6 is 0 Å². The SMILES string of the molecule is CCC1CN(C)CCCN1C(=O)c1cccc(N)n1. The number of carbonyl (C=O) groups excluding carboxylic acids is 1. The Morgan fingerprint density at radius 3 is 2.95 bits per heavy atom. The van der Waals surface area contributed by atoms with Crippen LogP contribution in [0.5, 0.6) is 0 Å². The summed E-state index contributed by atoms with van der Waals surface area (Å²) in [5.74, 6) is 0.389. The zero-order valence-corrected chi connectivity index (χ0v) is 11.7. The van der Waals surface area contributed by atoms with Gasteiger partial charge >= 0.3 is 0 Å². The molecule has 0 aliphatic carbocycles. The third kappa shape index (κ3) is 3.23. The highest BCUT2D eigenvalue weighted by molar-refractivity contribution is 5.92. The number of anilines is 1. The van der Waals surface area contributed by atoms with Gasteiger partial charge in [-0.25, -0.2) is 4.98 Å². The average molecular weight is 262 g/mol. The van der Waals surface area contributed by atoms with Gasteiger partial charge in [-0.1, -0.05) is 13.0 Å². The maximum Gasteiger partial charge on any atom is 0.272 e. The van der Waals surface area contributed by atoms with Crippen molar-refractivity contribution in [2.24, 2.45) is 0 Å². The summed E-state index contributed by atoms with van der Waals surface area (Å²) in [7, 11) is 2.11. The third-order valence-electron chi connectivity index (χ3n) is 3.62. The first-order chi connectivity index (χ1) is 9.11. The Bertz CT molecular complexity index is 449. The largest absolute Gasteiger partial charge is 0.384 e. The van der Waals surface area contributed by atoms with Crippen molar-refractivity contribution in [2.75, 3.05) is 32.4 Å². The summed E-state index contributed by atoms with van der Waals surface area (Å²) in [5, 5.41) is 0. The highest BCUT2D eigenvalue weighted by Gasteiger charge is 2.27. The molecule has 1 amide bonds. The van der Waals surface area contributed by atoms with Gasteiger partial charge in [0.05, 0.1) is 0 Å². The summed E-state index contributed by atoms with van der Waals surface area (Å²) < 4.78 is 0. The number of pyridine rings is 1. The lowest BCUT2D eigenvalue weighted by atomic mass is 10.1. The second-order valence-corrected chi connectivity index (χ2v) is 5.12. The van der Waals surface area contributed by atoms with Crippen LogP contribution in [0, 0.1) is 0 Å². The maximum absolute atomic E-state index is 12.6. The molecule has 0 bridgehead atoms. The molecule has 5 heteroatoms. The van der Waals surface area contributed by atoms with E-state index in [1.54, 1.807) is 18.2 Å². The molecule has 0 radical (unpaired) electrons. The Balaban J connectivity index is 2.20. The van der Waals surface area contributed by atoms with Crippen LogP contribution in [0.3, 0.4) is 0 Å². The molecule has 2 N–H and O–H groups in total. The quantitative estimate of drug-likeness (QED) is 0.870. The smallest absolute Gasteiger partial charge is 0.272 e. The molecule has 0 spiro atoms. The van der Waals surface area contributed by atoms with Crippen molar-refractivity contribution >= 4 is 11.7 Å². The van der Waals surface area contributed by atoms with E-state index in [1.807, 2.05) is 4.90 Å². The normalized spacial score (nSPS) is 21.2. The zero-order valence-electron chi connectivity index (χ0n) is 11.7. The molecule has 1 saturated heterocycles. The van der Waals surface area contributed by atoms with E-state index < -0.39 is 0 Å². The summed E-state index contributed by atoms with van der Waals surface area (Å²) in [6.07, 6.45) is 1.96. The van der Waals surface area contributed by atoms with E-state index in [4.69, 9.17) is 5.73 Å². The minimum Gasteiger partial charge on any atom is -0.384 e. The molecular weight excluding hydrogens is 240 g/mol. The third-order valence-corrected chi connectivity index (χ3v) is 3.62. The predicted octanol–water partition coefficient (Wildman–Crippen LogP) is 1.22. The second-order valence-electron chi connectivity index (χ2n) is 5.12. The molecule has 1 aromatic heterocycles. The summed E-state index contributed by atoms with van der Waals surface area (Å²) in [6.45, 7) is 4.87. The van der Waals surface area contributed by atoms with Crippen LogP contribution < -0.4 is 5.73 Å². The molecule has 1 unspecified atom stereocenters. The van der Waals surface area contributed by atoms with Crippen LogP contribution in [0.25, 0.3) is 0 Å². The van der Waals surface area contributed by atoms with E-state index in [-0.39, 0.29) is 11.9 Å². The van der Waals surface area contributed by atoms with Crippen molar-refractivity contribution in [1.29, 1.82) is 0 Å². The van der Waals surface area contributed by atoms with Crippen molar-refractivity contribution in [3.8, 4) is 0 Å². The van der Waals surface area contributed by atoms with E-state index in [0.29, 0.717) is 11.5 Å². The van der Waals surface area contributed by atoms with Gasteiger partial charge in [0, 0.05) is 19.1 Å². The van der Waals surface area contributed by atoms with E-state index in [9.17, 15) is 4.79 Å². The van der Waals surface area contributed by atoms with Gasteiger partial charge in [-0.15, -0.1) is 0 Å². The molecular formula is C14H22N4O. The summed E-state index contributed by atoms with van der Waals surface area (Å²) in [6, 6.07) is 5.47. The second kappa shape index (κ2) is 6.02. The first-order valence-corrected chi connectivity index (χ1v) is 6.84. The molecule has 1 aliphatic heterocycles. The lowest BCUT2D eigenvalue weighted by Crippen LogP contribution is -2.43. The number of nitrogens with two attached hydrogens (primary N) is 1. The minimum atomic E-state index is -0.00514. The van der Waals surface area contributed by atoms with Crippen molar-refractivity contribution < 1.29 is 4.79 Å². The molecule has 0 aromatic carbocycles. The van der Waals surface area contributed by atoms with Crippen molar-refractivity contribution in [3.63, 3.8) is 0 Å². The summed E-state index contributed by atoms with van der Waals surface area (Å²) >= 11 is 0. The monoisotopic (exact) mass is 262 g/mol. The first-order valence-electron chi connectivity index (χ1n) is 6.84. The number of hydrogen-bond donors (Lipinski definition) is 1. The highest BCUT2D eigenvalue weighted by atomic mass is 16.2. The van der Waals surface area contributed by atoms with Crippen LogP contribution in [0.2, 0.25) is 0 Å². The fourth-order valence-electron chi connectivity index (χ4n) is 2.58. The van der Waals surface area contributed by atoms with Crippen LogP contribution in [-0.2, 0) is 0 Å². The highest BCUT2D eigenvalue weighted by Crippen LogP contribution is 2.15. The molecule has 1 fully saturated rings. The standard InChI is InChI=1S/C14H22N4O/c1-3-11-10-17(2)8-5-9-18(11)14(19)12-6-4-7-13(15)16-12/h4,6-7,11H,3,5,8-10H2,1-2H3,(H2,15,16). The van der Waals surface area contributed by atoms with Gasteiger partial charge < -0.3 is 15.5 Å². The first kappa shape index (κ1) is 13.8. The number of carbonyl (C=O) groups is 1. The topological polar surface area (TPSA) is 62.5 Å².